The van der Waals surface area contributed by atoms with Gasteiger partial charge in [0.2, 0.25) is 5.91 Å². The maximum Gasteiger partial charge on any atom is 0.286 e. The largest absolute Gasteiger partial charge is 0.322 e. The highest BCUT2D eigenvalue weighted by molar-refractivity contribution is 8.15. The monoisotopic (exact) mass is 312 g/mol. The zero-order valence-electron chi connectivity index (χ0n) is 11.4. The first kappa shape index (κ1) is 14.3. The Morgan fingerprint density at radius 1 is 1.00 bits per heavy atom. The number of hydrogen-bond donors (Lipinski definition) is 2. The van der Waals surface area contributed by atoms with Gasteiger partial charge < -0.3 is 5.32 Å². The Morgan fingerprint density at radius 2 is 1.68 bits per heavy atom. The standard InChI is InChI=1S/C16H12N2O3S/c19-14(11-4-2-1-3-5-11)17-12-8-6-10(7-9-12)13-15(20)18-16(21)22-13/h1-9,13H,(H,17,19)(H,18,20,21). The van der Waals surface area contributed by atoms with Crippen molar-refractivity contribution in [1.82, 2.24) is 5.32 Å². The fourth-order valence-electron chi connectivity index (χ4n) is 2.11. The third-order valence-electron chi connectivity index (χ3n) is 3.20. The van der Waals surface area contributed by atoms with E-state index in [9.17, 15) is 14.4 Å². The summed E-state index contributed by atoms with van der Waals surface area (Å²) in [6.07, 6.45) is 0. The molecule has 0 aromatic heterocycles. The van der Waals surface area contributed by atoms with Gasteiger partial charge >= 0.3 is 0 Å². The summed E-state index contributed by atoms with van der Waals surface area (Å²) in [5, 5.41) is 4.17. The van der Waals surface area contributed by atoms with Gasteiger partial charge in [-0.25, -0.2) is 0 Å². The number of anilines is 1. The molecule has 3 amide bonds. The van der Waals surface area contributed by atoms with Crippen molar-refractivity contribution in [3.63, 3.8) is 0 Å². The molecule has 1 aliphatic heterocycles. The lowest BCUT2D eigenvalue weighted by molar-refractivity contribution is -0.119. The highest BCUT2D eigenvalue weighted by atomic mass is 32.2. The fraction of sp³-hybridized carbons (Fsp3) is 0.0625. The molecule has 0 aliphatic carbocycles. The van der Waals surface area contributed by atoms with Crippen LogP contribution < -0.4 is 10.6 Å². The van der Waals surface area contributed by atoms with Crippen LogP contribution in [-0.2, 0) is 4.79 Å². The van der Waals surface area contributed by atoms with E-state index >= 15 is 0 Å². The molecule has 5 nitrogen and oxygen atoms in total. The van der Waals surface area contributed by atoms with Crippen molar-refractivity contribution < 1.29 is 14.4 Å². The number of imide groups is 1. The minimum Gasteiger partial charge on any atom is -0.322 e. The average molecular weight is 312 g/mol. The molecule has 2 aromatic rings. The molecule has 0 bridgehead atoms. The van der Waals surface area contributed by atoms with Gasteiger partial charge in [0.15, 0.2) is 0 Å². The van der Waals surface area contributed by atoms with E-state index in [1.54, 1.807) is 48.5 Å². The maximum atomic E-state index is 12.0. The Labute approximate surface area is 131 Å². The summed E-state index contributed by atoms with van der Waals surface area (Å²) in [7, 11) is 0. The van der Waals surface area contributed by atoms with Crippen LogP contribution in [0.4, 0.5) is 10.5 Å². The molecular formula is C16H12N2O3S. The predicted octanol–water partition coefficient (Wildman–Crippen LogP) is 2.96. The highest BCUT2D eigenvalue weighted by Crippen LogP contribution is 2.34. The summed E-state index contributed by atoms with van der Waals surface area (Å²) in [5.74, 6) is -0.507. The molecule has 1 heterocycles. The second-order valence-electron chi connectivity index (χ2n) is 4.72. The van der Waals surface area contributed by atoms with Crippen molar-refractivity contribution in [2.45, 2.75) is 5.25 Å². The van der Waals surface area contributed by atoms with Gasteiger partial charge in [0.05, 0.1) is 0 Å². The summed E-state index contributed by atoms with van der Waals surface area (Å²) >= 11 is 0.956. The molecule has 6 heteroatoms. The lowest BCUT2D eigenvalue weighted by atomic mass is 10.1. The molecule has 1 aliphatic rings. The van der Waals surface area contributed by atoms with E-state index in [4.69, 9.17) is 0 Å². The lowest BCUT2D eigenvalue weighted by Gasteiger charge is -2.08. The zero-order chi connectivity index (χ0) is 15.5. The highest BCUT2D eigenvalue weighted by Gasteiger charge is 2.32. The summed E-state index contributed by atoms with van der Waals surface area (Å²) in [4.78, 5) is 34.8. The Bertz CT molecular complexity index is 729. The molecule has 1 fully saturated rings. The smallest absolute Gasteiger partial charge is 0.286 e. The Kier molecular flexibility index (Phi) is 3.93. The molecule has 2 aromatic carbocycles. The number of carbonyl (C=O) groups is 3. The van der Waals surface area contributed by atoms with Crippen LogP contribution in [0.5, 0.6) is 0 Å². The van der Waals surface area contributed by atoms with E-state index < -0.39 is 5.25 Å². The van der Waals surface area contributed by atoms with E-state index in [1.807, 2.05) is 6.07 Å². The first-order chi connectivity index (χ1) is 10.6. The molecule has 3 rings (SSSR count). The van der Waals surface area contributed by atoms with Crippen LogP contribution in [0.1, 0.15) is 21.2 Å². The van der Waals surface area contributed by atoms with Crippen LogP contribution in [0.3, 0.4) is 0 Å². The van der Waals surface area contributed by atoms with Gasteiger partial charge in [-0.1, -0.05) is 30.3 Å². The Morgan fingerprint density at radius 3 is 2.27 bits per heavy atom. The van der Waals surface area contributed by atoms with Gasteiger partial charge in [-0.3, -0.25) is 19.7 Å². The molecule has 0 radical (unpaired) electrons. The van der Waals surface area contributed by atoms with Crippen molar-refractivity contribution in [1.29, 1.82) is 0 Å². The normalized spacial score (nSPS) is 17.2. The number of hydrogen-bond acceptors (Lipinski definition) is 4. The second kappa shape index (κ2) is 6.03. The predicted molar refractivity (Wildman–Crippen MR) is 84.7 cm³/mol. The molecule has 1 saturated heterocycles. The summed E-state index contributed by atoms with van der Waals surface area (Å²) in [6, 6.07) is 15.8. The van der Waals surface area contributed by atoms with Crippen LogP contribution in [0.25, 0.3) is 0 Å². The lowest BCUT2D eigenvalue weighted by Crippen LogP contribution is -2.20. The van der Waals surface area contributed by atoms with Gasteiger partial charge in [-0.05, 0) is 41.6 Å². The van der Waals surface area contributed by atoms with E-state index in [1.165, 1.54) is 0 Å². The van der Waals surface area contributed by atoms with Crippen LogP contribution >= 0.6 is 11.8 Å². The van der Waals surface area contributed by atoms with Gasteiger partial charge in [-0.15, -0.1) is 0 Å². The van der Waals surface area contributed by atoms with Crippen LogP contribution in [0.15, 0.2) is 54.6 Å². The summed E-state index contributed by atoms with van der Waals surface area (Å²) < 4.78 is 0. The molecule has 110 valence electrons. The third-order valence-corrected chi connectivity index (χ3v) is 4.23. The first-order valence-electron chi connectivity index (χ1n) is 6.61. The minimum absolute atomic E-state index is 0.198. The van der Waals surface area contributed by atoms with Crippen molar-refractivity contribution in [3.8, 4) is 0 Å². The Hall–Kier alpha value is -2.60. The van der Waals surface area contributed by atoms with Gasteiger partial charge in [0, 0.05) is 11.3 Å². The fourth-order valence-corrected chi connectivity index (χ4v) is 2.94. The van der Waals surface area contributed by atoms with E-state index in [-0.39, 0.29) is 17.1 Å². The first-order valence-corrected chi connectivity index (χ1v) is 7.49. The summed E-state index contributed by atoms with van der Waals surface area (Å²) in [6.45, 7) is 0. The van der Waals surface area contributed by atoms with E-state index in [2.05, 4.69) is 10.6 Å². The zero-order valence-corrected chi connectivity index (χ0v) is 12.2. The van der Waals surface area contributed by atoms with Crippen LogP contribution in [-0.4, -0.2) is 17.1 Å². The van der Waals surface area contributed by atoms with E-state index in [0.717, 1.165) is 17.3 Å². The van der Waals surface area contributed by atoms with Gasteiger partial charge in [-0.2, -0.15) is 0 Å². The molecule has 0 saturated carbocycles. The molecule has 2 N–H and O–H groups in total. The van der Waals surface area contributed by atoms with Crippen LogP contribution in [0.2, 0.25) is 0 Å². The van der Waals surface area contributed by atoms with Crippen LogP contribution in [0, 0.1) is 0 Å². The second-order valence-corrected chi connectivity index (χ2v) is 5.79. The van der Waals surface area contributed by atoms with Crippen molar-refractivity contribution in [3.05, 3.63) is 65.7 Å². The number of thioether (sulfide) groups is 1. The topological polar surface area (TPSA) is 75.3 Å². The van der Waals surface area contributed by atoms with Gasteiger partial charge in [0.1, 0.15) is 5.25 Å². The molecule has 0 spiro atoms. The van der Waals surface area contributed by atoms with E-state index in [0.29, 0.717) is 11.3 Å². The number of rotatable bonds is 3. The molecule has 1 unspecified atom stereocenters. The summed E-state index contributed by atoms with van der Waals surface area (Å²) in [5.41, 5.74) is 1.93. The van der Waals surface area contributed by atoms with Crippen molar-refractivity contribution in [2.24, 2.45) is 0 Å². The van der Waals surface area contributed by atoms with Crippen molar-refractivity contribution >= 4 is 34.5 Å². The molecule has 1 atom stereocenters. The Balaban J connectivity index is 1.71. The number of carbonyl (C=O) groups excluding carboxylic acids is 3. The number of benzene rings is 2. The number of amides is 3. The van der Waals surface area contributed by atoms with Crippen molar-refractivity contribution in [2.75, 3.05) is 5.32 Å². The maximum absolute atomic E-state index is 12.0. The quantitative estimate of drug-likeness (QED) is 0.913. The third kappa shape index (κ3) is 3.01. The molecular weight excluding hydrogens is 300 g/mol. The molecule has 22 heavy (non-hydrogen) atoms. The SMILES string of the molecule is O=C1NC(=O)C(c2ccc(NC(=O)c3ccccc3)cc2)S1. The van der Waals surface area contributed by atoms with Gasteiger partial charge in [0.25, 0.3) is 11.1 Å². The number of nitrogens with one attached hydrogen (secondary N) is 2. The average Bonchev–Trinajstić information content (AvgIpc) is 2.87. The minimum atomic E-state index is -0.522.